The third-order valence-electron chi connectivity index (χ3n) is 5.36. The lowest BCUT2D eigenvalue weighted by molar-refractivity contribution is -0.113. The highest BCUT2D eigenvalue weighted by Crippen LogP contribution is 2.36. The number of nitrogens with zero attached hydrogens (tertiary/aromatic N) is 1. The van der Waals surface area contributed by atoms with Gasteiger partial charge in [0.2, 0.25) is 0 Å². The molecule has 0 atom stereocenters. The molecule has 168 valence electrons. The fraction of sp³-hybridized carbons (Fsp3) is 0.185. The van der Waals surface area contributed by atoms with Gasteiger partial charge in [-0.3, -0.25) is 9.69 Å². The maximum Gasteiger partial charge on any atom is 0.270 e. The van der Waals surface area contributed by atoms with Gasteiger partial charge in [-0.1, -0.05) is 66.4 Å². The predicted molar refractivity (Wildman–Crippen MR) is 140 cm³/mol. The smallest absolute Gasteiger partial charge is 0.270 e. The summed E-state index contributed by atoms with van der Waals surface area (Å²) >= 11 is 6.74. The maximum absolute atomic E-state index is 12.8. The molecule has 3 aromatic rings. The first-order valence-corrected chi connectivity index (χ1v) is 12.0. The van der Waals surface area contributed by atoms with E-state index < -0.39 is 0 Å². The van der Waals surface area contributed by atoms with Crippen LogP contribution in [-0.4, -0.2) is 23.4 Å². The van der Waals surface area contributed by atoms with Crippen LogP contribution in [0.25, 0.3) is 6.08 Å². The van der Waals surface area contributed by atoms with E-state index in [4.69, 9.17) is 21.7 Å². The second kappa shape index (κ2) is 10.7. The highest BCUT2D eigenvalue weighted by molar-refractivity contribution is 8.27. The Labute approximate surface area is 204 Å². The SMILES string of the molecule is Cc1cccc(OCCCOc2ccc(C=C3SC(=S)N(c4ccccc4)C3=O)cc2)c1C. The number of thiocarbonyl (C=S) groups is 1. The molecule has 0 aliphatic carbocycles. The molecule has 4 nitrogen and oxygen atoms in total. The van der Waals surface area contributed by atoms with Gasteiger partial charge in [0.15, 0.2) is 4.32 Å². The van der Waals surface area contributed by atoms with Crippen LogP contribution in [-0.2, 0) is 4.79 Å². The van der Waals surface area contributed by atoms with Crippen LogP contribution in [0.2, 0.25) is 0 Å². The van der Waals surface area contributed by atoms with Crippen molar-refractivity contribution in [2.45, 2.75) is 20.3 Å². The molecule has 4 rings (SSSR count). The van der Waals surface area contributed by atoms with Gasteiger partial charge in [0, 0.05) is 6.42 Å². The summed E-state index contributed by atoms with van der Waals surface area (Å²) in [6, 6.07) is 23.3. The summed E-state index contributed by atoms with van der Waals surface area (Å²) in [7, 11) is 0. The number of carbonyl (C=O) groups excluding carboxylic acids is 1. The minimum atomic E-state index is -0.0969. The fourth-order valence-corrected chi connectivity index (χ4v) is 4.69. The van der Waals surface area contributed by atoms with Crippen LogP contribution in [0.5, 0.6) is 11.5 Å². The van der Waals surface area contributed by atoms with Crippen LogP contribution in [0, 0.1) is 13.8 Å². The highest BCUT2D eigenvalue weighted by Gasteiger charge is 2.33. The Balaban J connectivity index is 1.29. The zero-order valence-electron chi connectivity index (χ0n) is 18.6. The number of rotatable bonds is 8. The Hall–Kier alpha value is -3.09. The van der Waals surface area contributed by atoms with Crippen LogP contribution < -0.4 is 14.4 Å². The molecule has 1 aliphatic rings. The summed E-state index contributed by atoms with van der Waals surface area (Å²) < 4.78 is 12.2. The molecule has 1 saturated heterocycles. The predicted octanol–water partition coefficient (Wildman–Crippen LogP) is 6.56. The van der Waals surface area contributed by atoms with Crippen molar-refractivity contribution in [3.05, 3.63) is 94.4 Å². The van der Waals surface area contributed by atoms with E-state index in [2.05, 4.69) is 19.9 Å². The third-order valence-corrected chi connectivity index (χ3v) is 6.66. The van der Waals surface area contributed by atoms with E-state index in [1.807, 2.05) is 72.8 Å². The normalized spacial score (nSPS) is 14.7. The monoisotopic (exact) mass is 475 g/mol. The molecule has 33 heavy (non-hydrogen) atoms. The summed E-state index contributed by atoms with van der Waals surface area (Å²) in [6.45, 7) is 5.33. The van der Waals surface area contributed by atoms with Gasteiger partial charge in [0.25, 0.3) is 5.91 Å². The number of carbonyl (C=O) groups is 1. The van der Waals surface area contributed by atoms with E-state index >= 15 is 0 Å². The number of anilines is 1. The number of hydrogen-bond acceptors (Lipinski definition) is 5. The molecular weight excluding hydrogens is 450 g/mol. The Morgan fingerprint density at radius 2 is 1.64 bits per heavy atom. The molecule has 1 aliphatic heterocycles. The molecular formula is C27H25NO3S2. The van der Waals surface area contributed by atoms with Gasteiger partial charge >= 0.3 is 0 Å². The molecule has 6 heteroatoms. The van der Waals surface area contributed by atoms with Crippen molar-refractivity contribution in [3.8, 4) is 11.5 Å². The largest absolute Gasteiger partial charge is 0.493 e. The molecule has 1 amide bonds. The van der Waals surface area contributed by atoms with Gasteiger partial charge in [-0.25, -0.2) is 0 Å². The lowest BCUT2D eigenvalue weighted by atomic mass is 10.1. The number of benzene rings is 3. The molecule has 1 fully saturated rings. The van der Waals surface area contributed by atoms with E-state index in [-0.39, 0.29) is 5.91 Å². The summed E-state index contributed by atoms with van der Waals surface area (Å²) in [6.07, 6.45) is 2.65. The Morgan fingerprint density at radius 3 is 2.39 bits per heavy atom. The van der Waals surface area contributed by atoms with E-state index in [0.717, 1.165) is 29.2 Å². The van der Waals surface area contributed by atoms with Crippen LogP contribution in [0.1, 0.15) is 23.1 Å². The van der Waals surface area contributed by atoms with Crippen molar-refractivity contribution >= 4 is 46.0 Å². The summed E-state index contributed by atoms with van der Waals surface area (Å²) in [5.41, 5.74) is 4.11. The summed E-state index contributed by atoms with van der Waals surface area (Å²) in [5.74, 6) is 1.62. The Bertz CT molecular complexity index is 1170. The van der Waals surface area contributed by atoms with Crippen LogP contribution >= 0.6 is 24.0 Å². The van der Waals surface area contributed by atoms with Crippen molar-refractivity contribution < 1.29 is 14.3 Å². The second-order valence-corrected chi connectivity index (χ2v) is 9.35. The number of hydrogen-bond donors (Lipinski definition) is 0. The number of aryl methyl sites for hydroxylation is 1. The summed E-state index contributed by atoms with van der Waals surface area (Å²) in [5, 5.41) is 0. The molecule has 0 aromatic heterocycles. The van der Waals surface area contributed by atoms with E-state index in [0.29, 0.717) is 22.4 Å². The Kier molecular flexibility index (Phi) is 7.47. The molecule has 0 bridgehead atoms. The van der Waals surface area contributed by atoms with Gasteiger partial charge in [-0.2, -0.15) is 0 Å². The first-order chi connectivity index (χ1) is 16.0. The lowest BCUT2D eigenvalue weighted by Gasteiger charge is -2.13. The first kappa shape index (κ1) is 23.1. The quantitative estimate of drug-likeness (QED) is 0.210. The Morgan fingerprint density at radius 1 is 0.909 bits per heavy atom. The number of amides is 1. The molecule has 0 N–H and O–H groups in total. The minimum absolute atomic E-state index is 0.0969. The first-order valence-electron chi connectivity index (χ1n) is 10.8. The van der Waals surface area contributed by atoms with E-state index in [9.17, 15) is 4.79 Å². The van der Waals surface area contributed by atoms with Crippen LogP contribution in [0.4, 0.5) is 5.69 Å². The van der Waals surface area contributed by atoms with E-state index in [1.165, 1.54) is 22.9 Å². The molecule has 0 unspecified atom stereocenters. The van der Waals surface area contributed by atoms with Crippen molar-refractivity contribution in [2.24, 2.45) is 0 Å². The zero-order chi connectivity index (χ0) is 23.2. The highest BCUT2D eigenvalue weighted by atomic mass is 32.2. The van der Waals surface area contributed by atoms with Gasteiger partial charge in [-0.05, 0) is 66.9 Å². The van der Waals surface area contributed by atoms with Gasteiger partial charge < -0.3 is 9.47 Å². The zero-order valence-corrected chi connectivity index (χ0v) is 20.2. The molecule has 1 heterocycles. The number of thioether (sulfide) groups is 1. The minimum Gasteiger partial charge on any atom is -0.493 e. The van der Waals surface area contributed by atoms with Crippen LogP contribution in [0.3, 0.4) is 0 Å². The van der Waals surface area contributed by atoms with Gasteiger partial charge in [0.1, 0.15) is 11.5 Å². The fourth-order valence-electron chi connectivity index (χ4n) is 3.39. The molecule has 3 aromatic carbocycles. The van der Waals surface area contributed by atoms with Crippen molar-refractivity contribution in [1.29, 1.82) is 0 Å². The van der Waals surface area contributed by atoms with E-state index in [1.54, 1.807) is 4.90 Å². The average molecular weight is 476 g/mol. The van der Waals surface area contributed by atoms with Gasteiger partial charge in [0.05, 0.1) is 23.8 Å². The third kappa shape index (κ3) is 5.64. The lowest BCUT2D eigenvalue weighted by Crippen LogP contribution is -2.27. The molecule has 0 spiro atoms. The van der Waals surface area contributed by atoms with Crippen molar-refractivity contribution in [2.75, 3.05) is 18.1 Å². The van der Waals surface area contributed by atoms with Gasteiger partial charge in [-0.15, -0.1) is 0 Å². The summed E-state index contributed by atoms with van der Waals surface area (Å²) in [4.78, 5) is 15.0. The molecule has 0 saturated carbocycles. The topological polar surface area (TPSA) is 38.8 Å². The van der Waals surface area contributed by atoms with Crippen molar-refractivity contribution in [1.82, 2.24) is 0 Å². The second-order valence-electron chi connectivity index (χ2n) is 7.67. The van der Waals surface area contributed by atoms with Crippen LogP contribution in [0.15, 0.2) is 77.7 Å². The van der Waals surface area contributed by atoms with Crippen molar-refractivity contribution in [3.63, 3.8) is 0 Å². The maximum atomic E-state index is 12.8. The molecule has 0 radical (unpaired) electrons. The average Bonchev–Trinajstić information content (AvgIpc) is 3.10. The number of ether oxygens (including phenoxy) is 2. The number of para-hydroxylation sites is 1. The standard InChI is InChI=1S/C27H25NO3S2/c1-19-8-6-11-24(20(19)2)31-17-7-16-30-23-14-12-21(13-15-23)18-25-26(29)28(27(32)33-25)22-9-4-3-5-10-22/h3-6,8-15,18H,7,16-17H2,1-2H3.